The average Bonchev–Trinajstić information content (AvgIpc) is 3.16. The molecular formula is C23H20N4O4S. The van der Waals surface area contributed by atoms with Crippen molar-refractivity contribution in [2.24, 2.45) is 0 Å². The quantitative estimate of drug-likeness (QED) is 0.485. The zero-order chi connectivity index (χ0) is 22.9. The summed E-state index contributed by atoms with van der Waals surface area (Å²) in [5, 5.41) is 5.36. The molecule has 162 valence electrons. The van der Waals surface area contributed by atoms with Crippen LogP contribution in [0.4, 0.5) is 11.4 Å². The van der Waals surface area contributed by atoms with Gasteiger partial charge < -0.3 is 10.6 Å². The fourth-order valence-corrected chi connectivity index (χ4v) is 4.13. The Bertz CT molecular complexity index is 1440. The molecule has 4 rings (SSSR count). The molecular weight excluding hydrogens is 428 g/mol. The molecule has 8 nitrogen and oxygen atoms in total. The second kappa shape index (κ2) is 8.27. The highest BCUT2D eigenvalue weighted by Gasteiger charge is 2.23. The van der Waals surface area contributed by atoms with E-state index in [1.807, 2.05) is 18.2 Å². The van der Waals surface area contributed by atoms with Crippen LogP contribution in [-0.2, 0) is 9.84 Å². The lowest BCUT2D eigenvalue weighted by Crippen LogP contribution is -2.17. The van der Waals surface area contributed by atoms with E-state index in [0.717, 1.165) is 6.26 Å². The van der Waals surface area contributed by atoms with E-state index >= 15 is 0 Å². The molecule has 0 aliphatic heterocycles. The number of anilines is 2. The molecule has 2 aromatic carbocycles. The molecule has 9 heteroatoms. The average molecular weight is 449 g/mol. The van der Waals surface area contributed by atoms with Gasteiger partial charge in [0, 0.05) is 29.4 Å². The number of rotatable bonds is 5. The minimum atomic E-state index is -3.65. The van der Waals surface area contributed by atoms with E-state index in [1.54, 1.807) is 55.5 Å². The monoisotopic (exact) mass is 448 g/mol. The molecule has 0 saturated carbocycles. The highest BCUT2D eigenvalue weighted by Crippen LogP contribution is 2.23. The Morgan fingerprint density at radius 3 is 2.31 bits per heavy atom. The van der Waals surface area contributed by atoms with Crippen molar-refractivity contribution in [3.63, 3.8) is 0 Å². The highest BCUT2D eigenvalue weighted by atomic mass is 32.2. The number of fused-ring (bicyclic) bond motifs is 1. The van der Waals surface area contributed by atoms with Gasteiger partial charge in [0.1, 0.15) is 0 Å². The molecule has 0 spiro atoms. The topological polar surface area (TPSA) is 110 Å². The van der Waals surface area contributed by atoms with Crippen LogP contribution < -0.4 is 10.6 Å². The number of aromatic nitrogens is 2. The number of carbonyl (C=O) groups excluding carboxylic acids is 2. The zero-order valence-corrected chi connectivity index (χ0v) is 18.2. The van der Waals surface area contributed by atoms with Crippen molar-refractivity contribution < 1.29 is 18.0 Å². The molecule has 4 aromatic rings. The van der Waals surface area contributed by atoms with Gasteiger partial charge in [-0.15, -0.1) is 0 Å². The van der Waals surface area contributed by atoms with E-state index in [1.165, 1.54) is 10.6 Å². The zero-order valence-electron chi connectivity index (χ0n) is 17.4. The summed E-state index contributed by atoms with van der Waals surface area (Å²) in [7, 11) is -3.65. The smallest absolute Gasteiger partial charge is 0.276 e. The molecule has 0 saturated heterocycles. The van der Waals surface area contributed by atoms with E-state index < -0.39 is 15.7 Å². The third kappa shape index (κ3) is 4.10. The first-order chi connectivity index (χ1) is 15.3. The minimum Gasteiger partial charge on any atom is -0.322 e. The largest absolute Gasteiger partial charge is 0.322 e. The van der Waals surface area contributed by atoms with Gasteiger partial charge in [-0.1, -0.05) is 30.3 Å². The molecule has 2 heterocycles. The van der Waals surface area contributed by atoms with E-state index in [4.69, 9.17) is 0 Å². The number of hydrogen-bond donors (Lipinski definition) is 2. The number of pyridine rings is 1. The summed E-state index contributed by atoms with van der Waals surface area (Å²) < 4.78 is 25.6. The Hall–Kier alpha value is -3.98. The first-order valence-corrected chi connectivity index (χ1v) is 11.6. The lowest BCUT2D eigenvalue weighted by molar-refractivity contribution is 0.101. The third-order valence-corrected chi connectivity index (χ3v) is 5.87. The van der Waals surface area contributed by atoms with Crippen LogP contribution in [0.15, 0.2) is 78.1 Å². The van der Waals surface area contributed by atoms with Gasteiger partial charge in [0.2, 0.25) is 15.0 Å². The molecule has 0 aliphatic carbocycles. The van der Waals surface area contributed by atoms with Crippen molar-refractivity contribution in [2.75, 3.05) is 16.9 Å². The van der Waals surface area contributed by atoms with Crippen LogP contribution in [0.25, 0.3) is 5.52 Å². The van der Waals surface area contributed by atoms with Crippen molar-refractivity contribution in [2.45, 2.75) is 12.1 Å². The second-order valence-electron chi connectivity index (χ2n) is 7.22. The van der Waals surface area contributed by atoms with Crippen LogP contribution in [0.2, 0.25) is 0 Å². The van der Waals surface area contributed by atoms with Gasteiger partial charge in [0.15, 0.2) is 5.69 Å². The van der Waals surface area contributed by atoms with Crippen LogP contribution in [0.1, 0.15) is 26.4 Å². The number of nitrogens with zero attached hydrogens (tertiary/aromatic N) is 2. The number of hydrogen-bond acceptors (Lipinski definition) is 5. The first kappa shape index (κ1) is 21.3. The van der Waals surface area contributed by atoms with Crippen molar-refractivity contribution in [3.05, 3.63) is 89.7 Å². The molecule has 0 radical (unpaired) electrons. The van der Waals surface area contributed by atoms with Gasteiger partial charge in [0.05, 0.1) is 5.52 Å². The maximum atomic E-state index is 13.0. The second-order valence-corrected chi connectivity index (χ2v) is 9.13. The fraction of sp³-hybridized carbons (Fsp3) is 0.0870. The van der Waals surface area contributed by atoms with Crippen molar-refractivity contribution in [3.8, 4) is 0 Å². The van der Waals surface area contributed by atoms with Gasteiger partial charge in [-0.05, 0) is 48.9 Å². The summed E-state index contributed by atoms with van der Waals surface area (Å²) in [5.41, 5.74) is 2.39. The van der Waals surface area contributed by atoms with Gasteiger partial charge in [-0.25, -0.2) is 13.4 Å². The summed E-state index contributed by atoms with van der Waals surface area (Å²) in [6, 6.07) is 19.0. The van der Waals surface area contributed by atoms with Crippen molar-refractivity contribution in [1.82, 2.24) is 9.38 Å². The number of amides is 2. The Morgan fingerprint density at radius 1 is 0.875 bits per heavy atom. The normalized spacial score (nSPS) is 11.3. The molecule has 2 N–H and O–H groups in total. The van der Waals surface area contributed by atoms with Gasteiger partial charge >= 0.3 is 0 Å². The highest BCUT2D eigenvalue weighted by molar-refractivity contribution is 7.90. The third-order valence-electron chi connectivity index (χ3n) is 4.92. The number of carbonyl (C=O) groups is 2. The van der Waals surface area contributed by atoms with Crippen LogP contribution >= 0.6 is 0 Å². The van der Waals surface area contributed by atoms with Gasteiger partial charge in [0.25, 0.3) is 11.8 Å². The summed E-state index contributed by atoms with van der Waals surface area (Å²) in [4.78, 5) is 29.8. The molecule has 2 aromatic heterocycles. The Labute approximate surface area is 184 Å². The summed E-state index contributed by atoms with van der Waals surface area (Å²) >= 11 is 0. The van der Waals surface area contributed by atoms with Crippen molar-refractivity contribution >= 4 is 38.5 Å². The predicted octanol–water partition coefficient (Wildman–Crippen LogP) is 3.55. The summed E-state index contributed by atoms with van der Waals surface area (Å²) in [6.07, 6.45) is 2.57. The van der Waals surface area contributed by atoms with Gasteiger partial charge in [-0.3, -0.25) is 14.0 Å². The fourth-order valence-electron chi connectivity index (χ4n) is 3.36. The summed E-state index contributed by atoms with van der Waals surface area (Å²) in [5.74, 6) is -0.885. The maximum absolute atomic E-state index is 13.0. The van der Waals surface area contributed by atoms with Crippen LogP contribution in [-0.4, -0.2) is 35.9 Å². The van der Waals surface area contributed by atoms with Gasteiger partial charge in [-0.2, -0.15) is 0 Å². The molecule has 0 unspecified atom stereocenters. The molecule has 0 aliphatic rings. The number of para-hydroxylation sites is 1. The standard InChI is InChI=1S/C23H20N4O4S/c1-15-17(21(28)24-16-9-4-3-5-10-16)11-8-12-18(15)25-22(29)20-19-13-6-7-14-27(19)23(26-20)32(2,30)31/h3-14H,1-2H3,(H,24,28)(H,25,29). The number of sulfone groups is 1. The van der Waals surface area contributed by atoms with Crippen LogP contribution in [0.5, 0.6) is 0 Å². The Balaban J connectivity index is 1.65. The van der Waals surface area contributed by atoms with Crippen LogP contribution in [0.3, 0.4) is 0 Å². The first-order valence-electron chi connectivity index (χ1n) is 9.70. The molecule has 0 fully saturated rings. The lowest BCUT2D eigenvalue weighted by Gasteiger charge is -2.12. The maximum Gasteiger partial charge on any atom is 0.276 e. The van der Waals surface area contributed by atoms with E-state index in [2.05, 4.69) is 15.6 Å². The molecule has 0 atom stereocenters. The van der Waals surface area contributed by atoms with E-state index in [0.29, 0.717) is 28.0 Å². The Kier molecular flexibility index (Phi) is 5.50. The van der Waals surface area contributed by atoms with Crippen molar-refractivity contribution in [1.29, 1.82) is 0 Å². The summed E-state index contributed by atoms with van der Waals surface area (Å²) in [6.45, 7) is 1.72. The van der Waals surface area contributed by atoms with E-state index in [-0.39, 0.29) is 16.8 Å². The predicted molar refractivity (Wildman–Crippen MR) is 122 cm³/mol. The minimum absolute atomic E-state index is 0.0236. The number of imidazole rings is 1. The Morgan fingerprint density at radius 2 is 1.59 bits per heavy atom. The van der Waals surface area contributed by atoms with E-state index in [9.17, 15) is 18.0 Å². The molecule has 32 heavy (non-hydrogen) atoms. The lowest BCUT2D eigenvalue weighted by atomic mass is 10.1. The SMILES string of the molecule is Cc1c(NC(=O)c2nc(S(C)(=O)=O)n3ccccc23)cccc1C(=O)Nc1ccccc1. The number of benzene rings is 2. The molecule has 0 bridgehead atoms. The molecule has 2 amide bonds. The van der Waals surface area contributed by atoms with Crippen LogP contribution in [0, 0.1) is 6.92 Å². The number of nitrogens with one attached hydrogen (secondary N) is 2.